The lowest BCUT2D eigenvalue weighted by molar-refractivity contribution is -0.135. The van der Waals surface area contributed by atoms with Gasteiger partial charge < -0.3 is 14.6 Å². The number of aromatic nitrogens is 1. The summed E-state index contributed by atoms with van der Waals surface area (Å²) in [6.45, 7) is 2.48. The number of aryl methyl sites for hydroxylation is 1. The highest BCUT2D eigenvalue weighted by Gasteiger charge is 2.08. The molecule has 1 heterocycles. The number of hydrogen-bond acceptors (Lipinski definition) is 3. The molecule has 1 N–H and O–H groups in total. The molecule has 0 aliphatic rings. The Morgan fingerprint density at radius 2 is 2.11 bits per heavy atom. The van der Waals surface area contributed by atoms with Crippen molar-refractivity contribution >= 4 is 22.4 Å². The summed E-state index contributed by atoms with van der Waals surface area (Å²) < 4.78 is 1.64. The maximum Gasteiger partial charge on any atom is 0.323 e. The van der Waals surface area contributed by atoms with Crippen LogP contribution in [0.1, 0.15) is 6.92 Å². The molecule has 100 valence electrons. The summed E-state index contributed by atoms with van der Waals surface area (Å²) in [4.78, 5) is 24.4. The topological polar surface area (TPSA) is 62.5 Å². The molecule has 0 bridgehead atoms. The predicted octanol–water partition coefficient (Wildman–Crippen LogP) is 1.54. The third-order valence-electron chi connectivity index (χ3n) is 3.11. The Kier molecular flexibility index (Phi) is 3.55. The molecule has 0 amide bonds. The van der Waals surface area contributed by atoms with E-state index >= 15 is 0 Å². The van der Waals surface area contributed by atoms with Gasteiger partial charge in [0.2, 0.25) is 0 Å². The first-order chi connectivity index (χ1) is 9.02. The van der Waals surface area contributed by atoms with Gasteiger partial charge in [0.15, 0.2) is 0 Å². The first-order valence-corrected chi connectivity index (χ1v) is 6.09. The highest BCUT2D eigenvalue weighted by Crippen LogP contribution is 2.19. The number of carbonyl (C=O) groups is 1. The largest absolute Gasteiger partial charge is 0.480 e. The normalized spacial score (nSPS) is 10.6. The summed E-state index contributed by atoms with van der Waals surface area (Å²) in [5, 5.41) is 10.2. The lowest BCUT2D eigenvalue weighted by Crippen LogP contribution is -2.25. The van der Waals surface area contributed by atoms with Gasteiger partial charge in [0, 0.05) is 30.9 Å². The Labute approximate surface area is 110 Å². The monoisotopic (exact) mass is 260 g/mol. The molecule has 1 aromatic heterocycles. The maximum atomic E-state index is 12.1. The summed E-state index contributed by atoms with van der Waals surface area (Å²) in [6, 6.07) is 7.22. The molecule has 0 aliphatic heterocycles. The molecule has 2 rings (SSSR count). The molecule has 0 unspecified atom stereocenters. The molecule has 0 spiro atoms. The van der Waals surface area contributed by atoms with Gasteiger partial charge in [0.05, 0.1) is 0 Å². The van der Waals surface area contributed by atoms with Gasteiger partial charge in [-0.25, -0.2) is 0 Å². The summed E-state index contributed by atoms with van der Waals surface area (Å²) >= 11 is 0. The van der Waals surface area contributed by atoms with Gasteiger partial charge in [-0.1, -0.05) is 0 Å². The van der Waals surface area contributed by atoms with Crippen molar-refractivity contribution in [3.63, 3.8) is 0 Å². The van der Waals surface area contributed by atoms with E-state index in [1.807, 2.05) is 19.1 Å². The second kappa shape index (κ2) is 5.14. The number of anilines is 1. The van der Waals surface area contributed by atoms with Crippen molar-refractivity contribution in [3.8, 4) is 0 Å². The van der Waals surface area contributed by atoms with Gasteiger partial charge in [0.25, 0.3) is 5.56 Å². The number of fused-ring (bicyclic) bond motifs is 1. The summed E-state index contributed by atoms with van der Waals surface area (Å²) in [5.41, 5.74) is 0.760. The van der Waals surface area contributed by atoms with Crippen LogP contribution >= 0.6 is 0 Å². The fraction of sp³-hybridized carbons (Fsp3) is 0.286. The fourth-order valence-electron chi connectivity index (χ4n) is 2.06. The van der Waals surface area contributed by atoms with Crippen LogP contribution in [0.25, 0.3) is 10.8 Å². The molecule has 5 nitrogen and oxygen atoms in total. The number of aliphatic carboxylic acids is 1. The number of rotatable bonds is 4. The minimum Gasteiger partial charge on any atom is -0.480 e. The SMILES string of the molecule is CCn1ccc2cc(N(C)CC(=O)O)ccc2c1=O. The van der Waals surface area contributed by atoms with E-state index in [0.717, 1.165) is 11.1 Å². The number of likely N-dealkylation sites (N-methyl/N-ethyl adjacent to an activating group) is 1. The average Bonchev–Trinajstić information content (AvgIpc) is 2.38. The van der Waals surface area contributed by atoms with E-state index in [9.17, 15) is 9.59 Å². The van der Waals surface area contributed by atoms with Crippen molar-refractivity contribution in [2.24, 2.45) is 0 Å². The molecular weight excluding hydrogens is 244 g/mol. The van der Waals surface area contributed by atoms with Crippen LogP contribution in [0, 0.1) is 0 Å². The zero-order valence-electron chi connectivity index (χ0n) is 11.0. The van der Waals surface area contributed by atoms with Gasteiger partial charge >= 0.3 is 5.97 Å². The number of carboxylic acid groups (broad SMARTS) is 1. The molecule has 5 heteroatoms. The lowest BCUT2D eigenvalue weighted by atomic mass is 10.1. The number of carboxylic acids is 1. The zero-order valence-corrected chi connectivity index (χ0v) is 11.0. The Hall–Kier alpha value is -2.30. The molecule has 0 saturated heterocycles. The van der Waals surface area contributed by atoms with E-state index < -0.39 is 5.97 Å². The Morgan fingerprint density at radius 3 is 2.74 bits per heavy atom. The maximum absolute atomic E-state index is 12.1. The number of pyridine rings is 1. The minimum atomic E-state index is -0.885. The third kappa shape index (κ3) is 2.59. The van der Waals surface area contributed by atoms with Crippen molar-refractivity contribution in [1.29, 1.82) is 0 Å². The fourth-order valence-corrected chi connectivity index (χ4v) is 2.06. The predicted molar refractivity (Wildman–Crippen MR) is 74.8 cm³/mol. The van der Waals surface area contributed by atoms with Crippen molar-refractivity contribution in [2.45, 2.75) is 13.5 Å². The van der Waals surface area contributed by atoms with Crippen LogP contribution in [0.15, 0.2) is 35.3 Å². The Balaban J connectivity index is 2.48. The van der Waals surface area contributed by atoms with Crippen LogP contribution < -0.4 is 10.5 Å². The van der Waals surface area contributed by atoms with Gasteiger partial charge in [-0.2, -0.15) is 0 Å². The van der Waals surface area contributed by atoms with Crippen LogP contribution in [0.4, 0.5) is 5.69 Å². The molecule has 2 aromatic rings. The van der Waals surface area contributed by atoms with Crippen LogP contribution in [-0.2, 0) is 11.3 Å². The van der Waals surface area contributed by atoms with Crippen LogP contribution in [-0.4, -0.2) is 29.2 Å². The van der Waals surface area contributed by atoms with E-state index in [4.69, 9.17) is 5.11 Å². The Morgan fingerprint density at radius 1 is 1.37 bits per heavy atom. The number of benzene rings is 1. The van der Waals surface area contributed by atoms with Crippen molar-refractivity contribution < 1.29 is 9.90 Å². The second-order valence-corrected chi connectivity index (χ2v) is 4.43. The molecule has 0 fully saturated rings. The molecule has 19 heavy (non-hydrogen) atoms. The number of hydrogen-bond donors (Lipinski definition) is 1. The Bertz CT molecular complexity index is 676. The molecular formula is C14H16N2O3. The highest BCUT2D eigenvalue weighted by molar-refractivity contribution is 5.85. The molecule has 0 radical (unpaired) electrons. The lowest BCUT2D eigenvalue weighted by Gasteiger charge is -2.17. The van der Waals surface area contributed by atoms with Gasteiger partial charge in [0.1, 0.15) is 6.54 Å². The van der Waals surface area contributed by atoms with Crippen molar-refractivity contribution in [1.82, 2.24) is 4.57 Å². The number of nitrogens with zero attached hydrogens (tertiary/aromatic N) is 2. The van der Waals surface area contributed by atoms with Crippen LogP contribution in [0.3, 0.4) is 0 Å². The van der Waals surface area contributed by atoms with Gasteiger partial charge in [-0.3, -0.25) is 9.59 Å². The van der Waals surface area contributed by atoms with Crippen molar-refractivity contribution in [2.75, 3.05) is 18.5 Å². The molecule has 0 aliphatic carbocycles. The van der Waals surface area contributed by atoms with Gasteiger partial charge in [-0.05, 0) is 36.6 Å². The summed E-state index contributed by atoms with van der Waals surface area (Å²) in [5.74, 6) is -0.885. The van der Waals surface area contributed by atoms with Crippen LogP contribution in [0.5, 0.6) is 0 Å². The highest BCUT2D eigenvalue weighted by atomic mass is 16.4. The quantitative estimate of drug-likeness (QED) is 0.905. The first kappa shape index (κ1) is 13.1. The summed E-state index contributed by atoms with van der Waals surface area (Å²) in [7, 11) is 1.71. The van der Waals surface area contributed by atoms with Crippen molar-refractivity contribution in [3.05, 3.63) is 40.8 Å². The smallest absolute Gasteiger partial charge is 0.323 e. The van der Waals surface area contributed by atoms with E-state index in [1.165, 1.54) is 0 Å². The van der Waals surface area contributed by atoms with E-state index in [0.29, 0.717) is 11.9 Å². The third-order valence-corrected chi connectivity index (χ3v) is 3.11. The summed E-state index contributed by atoms with van der Waals surface area (Å²) in [6.07, 6.45) is 1.76. The zero-order chi connectivity index (χ0) is 14.0. The van der Waals surface area contributed by atoms with Gasteiger partial charge in [-0.15, -0.1) is 0 Å². The van der Waals surface area contributed by atoms with Crippen LogP contribution in [0.2, 0.25) is 0 Å². The van der Waals surface area contributed by atoms with E-state index in [1.54, 1.807) is 34.8 Å². The average molecular weight is 260 g/mol. The minimum absolute atomic E-state index is 0.0209. The molecule has 1 aromatic carbocycles. The van der Waals surface area contributed by atoms with E-state index in [-0.39, 0.29) is 12.1 Å². The second-order valence-electron chi connectivity index (χ2n) is 4.43. The standard InChI is InChI=1S/C14H16N2O3/c1-3-16-7-6-10-8-11(15(2)9-13(17)18)4-5-12(10)14(16)19/h4-8H,3,9H2,1-2H3,(H,17,18). The molecule has 0 atom stereocenters. The van der Waals surface area contributed by atoms with E-state index in [2.05, 4.69) is 0 Å². The first-order valence-electron chi connectivity index (χ1n) is 6.09. The molecule has 0 saturated carbocycles.